The van der Waals surface area contributed by atoms with Gasteiger partial charge in [0.05, 0.1) is 28.1 Å². The molecule has 3 heterocycles. The molecule has 0 bridgehead atoms. The highest BCUT2D eigenvalue weighted by Gasteiger charge is 2.31. The molecular formula is C26H22N4O3S. The van der Waals surface area contributed by atoms with Gasteiger partial charge in [-0.3, -0.25) is 29.2 Å². The second kappa shape index (κ2) is 8.79. The molecule has 2 aromatic heterocycles. The van der Waals surface area contributed by atoms with E-state index in [9.17, 15) is 14.4 Å². The Labute approximate surface area is 200 Å². The molecule has 4 aromatic rings. The zero-order valence-corrected chi connectivity index (χ0v) is 19.6. The van der Waals surface area contributed by atoms with Crippen molar-refractivity contribution in [2.75, 3.05) is 9.80 Å². The van der Waals surface area contributed by atoms with Crippen LogP contribution in [0.5, 0.6) is 0 Å². The van der Waals surface area contributed by atoms with Crippen LogP contribution in [0, 0.1) is 13.8 Å². The molecule has 7 nitrogen and oxygen atoms in total. The van der Waals surface area contributed by atoms with Gasteiger partial charge < -0.3 is 0 Å². The van der Waals surface area contributed by atoms with Crippen LogP contribution in [-0.2, 0) is 16.1 Å². The quantitative estimate of drug-likeness (QED) is 0.391. The number of benzene rings is 2. The minimum absolute atomic E-state index is 0.188. The molecule has 0 unspecified atom stereocenters. The van der Waals surface area contributed by atoms with Crippen LogP contribution in [0.2, 0.25) is 0 Å². The monoisotopic (exact) mass is 470 g/mol. The number of hydrogen-bond acceptors (Lipinski definition) is 6. The molecule has 0 saturated carbocycles. The molecule has 1 fully saturated rings. The number of aromatic nitrogens is 2. The fourth-order valence-corrected chi connectivity index (χ4v) is 5.17. The van der Waals surface area contributed by atoms with Crippen LogP contribution in [0.4, 0.5) is 10.8 Å². The SMILES string of the molecule is Cc1cc(C)c2sc(N(Cc3ccccn3)C(=O)c3cccc(N4C(=O)CCC4=O)c3)nc2c1. The second-order valence-electron chi connectivity index (χ2n) is 8.31. The van der Waals surface area contributed by atoms with E-state index < -0.39 is 0 Å². The van der Waals surface area contributed by atoms with Crippen molar-refractivity contribution in [3.05, 3.63) is 83.2 Å². The fraction of sp³-hybridized carbons (Fsp3) is 0.192. The van der Waals surface area contributed by atoms with E-state index >= 15 is 0 Å². The summed E-state index contributed by atoms with van der Waals surface area (Å²) < 4.78 is 1.03. The van der Waals surface area contributed by atoms with Gasteiger partial charge in [0.1, 0.15) is 0 Å². The number of thiazole rings is 1. The summed E-state index contributed by atoms with van der Waals surface area (Å²) in [7, 11) is 0. The van der Waals surface area contributed by atoms with Gasteiger partial charge in [0.2, 0.25) is 11.8 Å². The van der Waals surface area contributed by atoms with Gasteiger partial charge in [-0.2, -0.15) is 0 Å². The van der Waals surface area contributed by atoms with Crippen molar-refractivity contribution in [1.29, 1.82) is 0 Å². The van der Waals surface area contributed by atoms with Gasteiger partial charge in [-0.25, -0.2) is 4.98 Å². The number of imide groups is 1. The number of fused-ring (bicyclic) bond motifs is 1. The average Bonchev–Trinajstić information content (AvgIpc) is 3.40. The first-order valence-electron chi connectivity index (χ1n) is 11.0. The van der Waals surface area contributed by atoms with E-state index in [0.717, 1.165) is 31.9 Å². The number of hydrogen-bond donors (Lipinski definition) is 0. The Kier molecular flexibility index (Phi) is 5.67. The predicted octanol–water partition coefficient (Wildman–Crippen LogP) is 4.81. The minimum Gasteiger partial charge on any atom is -0.278 e. The zero-order valence-electron chi connectivity index (χ0n) is 18.8. The maximum absolute atomic E-state index is 13.8. The molecule has 0 aliphatic carbocycles. The van der Waals surface area contributed by atoms with Crippen molar-refractivity contribution < 1.29 is 14.4 Å². The number of pyridine rings is 1. The Morgan fingerprint density at radius 1 is 1.03 bits per heavy atom. The van der Waals surface area contributed by atoms with Crippen LogP contribution in [0.15, 0.2) is 60.8 Å². The van der Waals surface area contributed by atoms with Gasteiger partial charge in [0.25, 0.3) is 5.91 Å². The van der Waals surface area contributed by atoms with Crippen LogP contribution < -0.4 is 9.80 Å². The van der Waals surface area contributed by atoms with Crippen molar-refractivity contribution in [3.8, 4) is 0 Å². The van der Waals surface area contributed by atoms with E-state index in [4.69, 9.17) is 4.98 Å². The number of nitrogens with zero attached hydrogens (tertiary/aromatic N) is 4. The number of anilines is 2. The lowest BCUT2D eigenvalue weighted by Gasteiger charge is -2.21. The van der Waals surface area contributed by atoms with Gasteiger partial charge in [-0.15, -0.1) is 0 Å². The van der Waals surface area contributed by atoms with Gasteiger partial charge in [0, 0.05) is 24.6 Å². The molecule has 170 valence electrons. The van der Waals surface area contributed by atoms with Crippen LogP contribution in [0.1, 0.15) is 40.0 Å². The van der Waals surface area contributed by atoms with E-state index in [1.165, 1.54) is 11.3 Å². The molecule has 34 heavy (non-hydrogen) atoms. The number of amides is 3. The molecule has 5 rings (SSSR count). The van der Waals surface area contributed by atoms with Crippen molar-refractivity contribution in [2.45, 2.75) is 33.2 Å². The maximum Gasteiger partial charge on any atom is 0.260 e. The molecule has 8 heteroatoms. The first-order chi connectivity index (χ1) is 16.4. The molecule has 2 aromatic carbocycles. The van der Waals surface area contributed by atoms with Crippen molar-refractivity contribution in [1.82, 2.24) is 9.97 Å². The van der Waals surface area contributed by atoms with E-state index in [1.54, 1.807) is 35.4 Å². The highest BCUT2D eigenvalue weighted by atomic mass is 32.1. The summed E-state index contributed by atoms with van der Waals surface area (Å²) in [5.41, 5.74) is 4.57. The molecule has 3 amide bonds. The standard InChI is InChI=1S/C26H22N4O3S/c1-16-12-17(2)24-21(13-16)28-26(34-24)29(15-19-7-3-4-11-27-19)25(33)18-6-5-8-20(14-18)30-22(31)9-10-23(30)32/h3-8,11-14H,9-10,15H2,1-2H3. The third kappa shape index (κ3) is 4.08. The first kappa shape index (κ1) is 21.9. The van der Waals surface area contributed by atoms with Gasteiger partial charge >= 0.3 is 0 Å². The smallest absolute Gasteiger partial charge is 0.260 e. The predicted molar refractivity (Wildman–Crippen MR) is 132 cm³/mol. The Bertz CT molecular complexity index is 1410. The molecule has 0 atom stereocenters. The van der Waals surface area contributed by atoms with Crippen LogP contribution >= 0.6 is 11.3 Å². The topological polar surface area (TPSA) is 83.5 Å². The third-order valence-electron chi connectivity index (χ3n) is 5.73. The molecule has 0 radical (unpaired) electrons. The molecule has 1 saturated heterocycles. The number of rotatable bonds is 5. The number of carbonyl (C=O) groups excluding carboxylic acids is 3. The maximum atomic E-state index is 13.8. The second-order valence-corrected chi connectivity index (χ2v) is 9.29. The molecular weight excluding hydrogens is 448 g/mol. The van der Waals surface area contributed by atoms with Gasteiger partial charge in [0.15, 0.2) is 5.13 Å². The van der Waals surface area contributed by atoms with Crippen molar-refractivity contribution >= 4 is 50.1 Å². The van der Waals surface area contributed by atoms with E-state index in [0.29, 0.717) is 16.4 Å². The average molecular weight is 471 g/mol. The van der Waals surface area contributed by atoms with E-state index in [1.807, 2.05) is 38.1 Å². The van der Waals surface area contributed by atoms with Crippen molar-refractivity contribution in [2.24, 2.45) is 0 Å². The largest absolute Gasteiger partial charge is 0.278 e. The highest BCUT2D eigenvalue weighted by Crippen LogP contribution is 2.34. The minimum atomic E-state index is -0.278. The summed E-state index contributed by atoms with van der Waals surface area (Å²) in [6.07, 6.45) is 2.07. The normalized spacial score (nSPS) is 13.6. The summed E-state index contributed by atoms with van der Waals surface area (Å²) in [5, 5.41) is 0.568. The van der Waals surface area contributed by atoms with Crippen LogP contribution in [0.3, 0.4) is 0 Å². The summed E-state index contributed by atoms with van der Waals surface area (Å²) in [4.78, 5) is 50.1. The number of aryl methyl sites for hydroxylation is 2. The lowest BCUT2D eigenvalue weighted by molar-refractivity contribution is -0.121. The lowest BCUT2D eigenvalue weighted by Crippen LogP contribution is -2.32. The Hall–Kier alpha value is -3.91. The lowest BCUT2D eigenvalue weighted by atomic mass is 10.1. The zero-order chi connectivity index (χ0) is 23.8. The van der Waals surface area contributed by atoms with Crippen molar-refractivity contribution in [3.63, 3.8) is 0 Å². The summed E-state index contributed by atoms with van der Waals surface area (Å²) in [6.45, 7) is 4.30. The molecule has 0 spiro atoms. The Morgan fingerprint density at radius 2 is 1.82 bits per heavy atom. The molecule has 1 aliphatic heterocycles. The Balaban J connectivity index is 1.56. The van der Waals surface area contributed by atoms with Gasteiger partial charge in [-0.05, 0) is 61.4 Å². The fourth-order valence-electron chi connectivity index (χ4n) is 4.16. The van der Waals surface area contributed by atoms with E-state index in [2.05, 4.69) is 11.1 Å². The third-order valence-corrected chi connectivity index (χ3v) is 6.96. The summed E-state index contributed by atoms with van der Waals surface area (Å²) >= 11 is 1.46. The highest BCUT2D eigenvalue weighted by molar-refractivity contribution is 7.22. The van der Waals surface area contributed by atoms with Gasteiger partial charge in [-0.1, -0.05) is 29.5 Å². The Morgan fingerprint density at radius 3 is 2.56 bits per heavy atom. The molecule has 1 aliphatic rings. The van der Waals surface area contributed by atoms with Crippen LogP contribution in [0.25, 0.3) is 10.2 Å². The summed E-state index contributed by atoms with van der Waals surface area (Å²) in [5.74, 6) is -0.783. The molecule has 0 N–H and O–H groups in total. The van der Waals surface area contributed by atoms with Crippen LogP contribution in [-0.4, -0.2) is 27.7 Å². The van der Waals surface area contributed by atoms with E-state index in [-0.39, 0.29) is 37.1 Å². The number of carbonyl (C=O) groups is 3. The first-order valence-corrected chi connectivity index (χ1v) is 11.8. The summed E-state index contributed by atoms with van der Waals surface area (Å²) in [6, 6.07) is 16.3.